The number of allylic oxidation sites excluding steroid dienone is 1. The van der Waals surface area contributed by atoms with Crippen LogP contribution in [0.3, 0.4) is 0 Å². The summed E-state index contributed by atoms with van der Waals surface area (Å²) < 4.78 is 0. The van der Waals surface area contributed by atoms with Gasteiger partial charge in [0.1, 0.15) is 0 Å². The highest BCUT2D eigenvalue weighted by atomic mass is 16.2. The first-order chi connectivity index (χ1) is 6.79. The maximum atomic E-state index is 8.85. The van der Waals surface area contributed by atoms with Gasteiger partial charge in [-0.15, -0.1) is 0 Å². The van der Waals surface area contributed by atoms with Crippen LogP contribution < -0.4 is 0 Å². The Kier molecular flexibility index (Phi) is 4.41. The quantitative estimate of drug-likeness (QED) is 0.723. The van der Waals surface area contributed by atoms with Crippen molar-refractivity contribution in [3.05, 3.63) is 47.5 Å². The highest BCUT2D eigenvalue weighted by molar-refractivity contribution is 5.27. The van der Waals surface area contributed by atoms with Crippen molar-refractivity contribution in [2.75, 3.05) is 6.61 Å². The fraction of sp³-hybridized carbons (Fsp3) is 0.385. The zero-order chi connectivity index (χ0) is 10.4. The van der Waals surface area contributed by atoms with Gasteiger partial charge in [0.2, 0.25) is 0 Å². The normalized spacial score (nSPS) is 14.1. The third-order valence-corrected chi connectivity index (χ3v) is 2.57. The zero-order valence-corrected chi connectivity index (χ0v) is 8.90. The molecule has 0 aliphatic heterocycles. The van der Waals surface area contributed by atoms with Crippen LogP contribution in [-0.2, 0) is 0 Å². The molecule has 0 fully saturated rings. The minimum Gasteiger partial charge on any atom is -0.392 e. The zero-order valence-electron chi connectivity index (χ0n) is 8.90. The monoisotopic (exact) mass is 190 g/mol. The first-order valence-corrected chi connectivity index (χ1v) is 5.12. The Morgan fingerprint density at radius 2 is 2.00 bits per heavy atom. The van der Waals surface area contributed by atoms with Crippen LogP contribution in [-0.4, -0.2) is 11.7 Å². The fourth-order valence-corrected chi connectivity index (χ4v) is 1.79. The van der Waals surface area contributed by atoms with Crippen molar-refractivity contribution in [2.45, 2.75) is 26.2 Å². The van der Waals surface area contributed by atoms with Crippen LogP contribution in [0.2, 0.25) is 0 Å². The summed E-state index contributed by atoms with van der Waals surface area (Å²) in [6.07, 6.45) is 2.97. The van der Waals surface area contributed by atoms with Gasteiger partial charge in [-0.1, -0.05) is 48.9 Å². The molecule has 0 radical (unpaired) electrons. The second-order valence-corrected chi connectivity index (χ2v) is 3.50. The van der Waals surface area contributed by atoms with Gasteiger partial charge in [-0.2, -0.15) is 0 Å². The molecule has 0 saturated heterocycles. The molecule has 0 amide bonds. The predicted octanol–water partition coefficient (Wildman–Crippen LogP) is 3.12. The van der Waals surface area contributed by atoms with Gasteiger partial charge in [0.25, 0.3) is 0 Å². The summed E-state index contributed by atoms with van der Waals surface area (Å²) in [5.41, 5.74) is 2.58. The number of rotatable bonds is 4. The Morgan fingerprint density at radius 1 is 1.36 bits per heavy atom. The van der Waals surface area contributed by atoms with E-state index in [9.17, 15) is 0 Å². The van der Waals surface area contributed by atoms with Gasteiger partial charge >= 0.3 is 0 Å². The van der Waals surface area contributed by atoms with Gasteiger partial charge < -0.3 is 5.11 Å². The van der Waals surface area contributed by atoms with Gasteiger partial charge in [-0.3, -0.25) is 0 Å². The molecule has 1 nitrogen and oxygen atoms in total. The molecule has 1 unspecified atom stereocenters. The first kappa shape index (κ1) is 11.0. The molecule has 1 aromatic rings. The highest BCUT2D eigenvalue weighted by Gasteiger charge is 2.09. The van der Waals surface area contributed by atoms with Crippen molar-refractivity contribution in [2.24, 2.45) is 0 Å². The molecule has 0 aromatic heterocycles. The van der Waals surface area contributed by atoms with E-state index in [1.807, 2.05) is 12.1 Å². The maximum Gasteiger partial charge on any atom is 0.0615 e. The standard InChI is InChI=1S/C13H18O/c1-3-13(11(2)9-10-14)12-7-5-4-6-8-12/h4-9,13-14H,3,10H2,1-2H3/b11-9+. The average Bonchev–Trinajstić information content (AvgIpc) is 2.21. The van der Waals surface area contributed by atoms with Crippen LogP contribution in [0, 0.1) is 0 Å². The summed E-state index contributed by atoms with van der Waals surface area (Å²) in [4.78, 5) is 0. The van der Waals surface area contributed by atoms with Gasteiger partial charge in [-0.25, -0.2) is 0 Å². The molecule has 14 heavy (non-hydrogen) atoms. The Bertz CT molecular complexity index is 287. The molecule has 0 saturated carbocycles. The van der Waals surface area contributed by atoms with E-state index in [0.29, 0.717) is 5.92 Å². The molecule has 0 spiro atoms. The van der Waals surface area contributed by atoms with Gasteiger partial charge in [-0.05, 0) is 18.9 Å². The summed E-state index contributed by atoms with van der Waals surface area (Å²) in [5, 5.41) is 8.85. The lowest BCUT2D eigenvalue weighted by Crippen LogP contribution is -1.99. The summed E-state index contributed by atoms with van der Waals surface area (Å²) in [7, 11) is 0. The number of hydrogen-bond acceptors (Lipinski definition) is 1. The van der Waals surface area contributed by atoms with E-state index in [4.69, 9.17) is 5.11 Å². The number of hydrogen-bond donors (Lipinski definition) is 1. The van der Waals surface area contributed by atoms with Crippen molar-refractivity contribution in [1.82, 2.24) is 0 Å². The maximum absolute atomic E-state index is 8.85. The lowest BCUT2D eigenvalue weighted by atomic mass is 9.90. The first-order valence-electron chi connectivity index (χ1n) is 5.12. The Hall–Kier alpha value is -1.08. The molecule has 0 aliphatic carbocycles. The van der Waals surface area contributed by atoms with Crippen molar-refractivity contribution in [1.29, 1.82) is 0 Å². The molecule has 1 aromatic carbocycles. The molecule has 1 N–H and O–H groups in total. The molecule has 1 heteroatoms. The molecule has 0 aliphatic rings. The number of aliphatic hydroxyl groups excluding tert-OH is 1. The predicted molar refractivity (Wildman–Crippen MR) is 60.3 cm³/mol. The Labute approximate surface area is 86.1 Å². The van der Waals surface area contributed by atoms with E-state index in [1.165, 1.54) is 11.1 Å². The third kappa shape index (κ3) is 2.71. The highest BCUT2D eigenvalue weighted by Crippen LogP contribution is 2.26. The summed E-state index contributed by atoms with van der Waals surface area (Å²) in [6, 6.07) is 10.4. The van der Waals surface area contributed by atoms with E-state index < -0.39 is 0 Å². The summed E-state index contributed by atoms with van der Waals surface area (Å²) in [5.74, 6) is 0.448. The van der Waals surface area contributed by atoms with Gasteiger partial charge in [0, 0.05) is 5.92 Å². The van der Waals surface area contributed by atoms with E-state index in [-0.39, 0.29) is 6.61 Å². The van der Waals surface area contributed by atoms with Crippen LogP contribution >= 0.6 is 0 Å². The molecule has 1 atom stereocenters. The molecule has 76 valence electrons. The second kappa shape index (κ2) is 5.61. The van der Waals surface area contributed by atoms with Crippen LogP contribution in [0.4, 0.5) is 0 Å². The van der Waals surface area contributed by atoms with E-state index in [1.54, 1.807) is 0 Å². The second-order valence-electron chi connectivity index (χ2n) is 3.50. The van der Waals surface area contributed by atoms with Gasteiger partial charge in [0.15, 0.2) is 0 Å². The van der Waals surface area contributed by atoms with Gasteiger partial charge in [0.05, 0.1) is 6.61 Å². The number of benzene rings is 1. The average molecular weight is 190 g/mol. The molecule has 0 heterocycles. The Balaban J connectivity index is 2.88. The van der Waals surface area contributed by atoms with Crippen molar-refractivity contribution < 1.29 is 5.11 Å². The molecule has 0 bridgehead atoms. The van der Waals surface area contributed by atoms with Crippen molar-refractivity contribution in [3.8, 4) is 0 Å². The summed E-state index contributed by atoms with van der Waals surface area (Å²) >= 11 is 0. The van der Waals surface area contributed by atoms with E-state index in [0.717, 1.165) is 6.42 Å². The van der Waals surface area contributed by atoms with E-state index in [2.05, 4.69) is 38.1 Å². The SMILES string of the molecule is CCC(/C(C)=C/CO)c1ccccc1. The largest absolute Gasteiger partial charge is 0.392 e. The van der Waals surface area contributed by atoms with Crippen LogP contribution in [0.15, 0.2) is 42.0 Å². The minimum atomic E-state index is 0.134. The molecular formula is C13H18O. The number of aliphatic hydroxyl groups is 1. The topological polar surface area (TPSA) is 20.2 Å². The molecule has 1 rings (SSSR count). The lowest BCUT2D eigenvalue weighted by Gasteiger charge is -2.16. The van der Waals surface area contributed by atoms with Crippen LogP contribution in [0.5, 0.6) is 0 Å². The third-order valence-electron chi connectivity index (χ3n) is 2.57. The lowest BCUT2D eigenvalue weighted by molar-refractivity contribution is 0.341. The Morgan fingerprint density at radius 3 is 2.50 bits per heavy atom. The van der Waals surface area contributed by atoms with Crippen LogP contribution in [0.25, 0.3) is 0 Å². The van der Waals surface area contributed by atoms with Crippen molar-refractivity contribution in [3.63, 3.8) is 0 Å². The van der Waals surface area contributed by atoms with Crippen LogP contribution in [0.1, 0.15) is 31.7 Å². The minimum absolute atomic E-state index is 0.134. The molecular weight excluding hydrogens is 172 g/mol. The summed E-state index contributed by atoms with van der Waals surface area (Å²) in [6.45, 7) is 4.39. The van der Waals surface area contributed by atoms with E-state index >= 15 is 0 Å². The smallest absolute Gasteiger partial charge is 0.0615 e. The van der Waals surface area contributed by atoms with Crippen molar-refractivity contribution >= 4 is 0 Å². The fourth-order valence-electron chi connectivity index (χ4n) is 1.79.